The molecule has 0 radical (unpaired) electrons. The highest BCUT2D eigenvalue weighted by molar-refractivity contribution is 5.13. The number of rotatable bonds is 7. The van der Waals surface area contributed by atoms with Crippen molar-refractivity contribution in [3.8, 4) is 0 Å². The summed E-state index contributed by atoms with van der Waals surface area (Å²) in [5.74, 6) is -0.624. The minimum Gasteiger partial charge on any atom is -0.390 e. The Morgan fingerprint density at radius 3 is 2.71 bits per heavy atom. The van der Waals surface area contributed by atoms with Crippen molar-refractivity contribution in [2.75, 3.05) is 13.2 Å². The minimum atomic E-state index is -0.653. The summed E-state index contributed by atoms with van der Waals surface area (Å²) in [6.45, 7) is 5.25. The second-order valence-electron chi connectivity index (χ2n) is 6.83. The molecule has 0 unspecified atom stereocenters. The molecule has 1 aromatic carbocycles. The lowest BCUT2D eigenvalue weighted by Crippen LogP contribution is -2.39. The predicted molar refractivity (Wildman–Crippen MR) is 92.4 cm³/mol. The van der Waals surface area contributed by atoms with E-state index in [9.17, 15) is 5.11 Å². The Bertz CT molecular complexity index is 510. The van der Waals surface area contributed by atoms with Gasteiger partial charge in [0.2, 0.25) is 0 Å². The van der Waals surface area contributed by atoms with Crippen molar-refractivity contribution >= 4 is 0 Å². The van der Waals surface area contributed by atoms with Crippen molar-refractivity contribution in [1.82, 2.24) is 0 Å². The van der Waals surface area contributed by atoms with Gasteiger partial charge in [-0.3, -0.25) is 0 Å². The third-order valence-electron chi connectivity index (χ3n) is 5.04. The van der Waals surface area contributed by atoms with Crippen LogP contribution in [0.4, 0.5) is 0 Å². The summed E-state index contributed by atoms with van der Waals surface area (Å²) < 4.78 is 17.8. The van der Waals surface area contributed by atoms with E-state index in [1.807, 2.05) is 30.3 Å². The van der Waals surface area contributed by atoms with Crippen LogP contribution in [-0.2, 0) is 20.8 Å². The first kappa shape index (κ1) is 17.6. The molecular formula is C20H28O4. The van der Waals surface area contributed by atoms with Crippen LogP contribution in [0.25, 0.3) is 0 Å². The standard InChI is InChI=1S/C20H28O4/c1-2-17(14-22-13-16-9-5-3-6-10-16)19(21)18-15-23-20(24-18)11-7-4-8-12-20/h2-3,5-6,9-10,17-19,21H,1,4,7-8,11-15H2/t17-,18-,19+/m1/s1. The largest absolute Gasteiger partial charge is 0.390 e. The number of benzene rings is 1. The lowest BCUT2D eigenvalue weighted by molar-refractivity contribution is -0.198. The van der Waals surface area contributed by atoms with E-state index in [4.69, 9.17) is 14.2 Å². The number of aliphatic hydroxyl groups excluding tert-OH is 1. The molecule has 1 aliphatic heterocycles. The van der Waals surface area contributed by atoms with Gasteiger partial charge >= 0.3 is 0 Å². The Morgan fingerprint density at radius 2 is 2.00 bits per heavy atom. The highest BCUT2D eigenvalue weighted by Gasteiger charge is 2.45. The molecule has 4 heteroatoms. The lowest BCUT2D eigenvalue weighted by atomic mass is 9.94. The first-order valence-corrected chi connectivity index (χ1v) is 8.96. The van der Waals surface area contributed by atoms with Gasteiger partial charge in [-0.05, 0) is 18.4 Å². The first-order valence-electron chi connectivity index (χ1n) is 8.96. The van der Waals surface area contributed by atoms with Gasteiger partial charge in [-0.25, -0.2) is 0 Å². The molecule has 0 bridgehead atoms. The molecule has 0 amide bonds. The summed E-state index contributed by atoms with van der Waals surface area (Å²) in [5.41, 5.74) is 1.12. The fraction of sp³-hybridized carbons (Fsp3) is 0.600. The molecule has 3 rings (SSSR count). The summed E-state index contributed by atoms with van der Waals surface area (Å²) in [7, 11) is 0. The van der Waals surface area contributed by atoms with Crippen molar-refractivity contribution in [2.24, 2.45) is 5.92 Å². The molecule has 2 fully saturated rings. The predicted octanol–water partition coefficient (Wildman–Crippen LogP) is 3.44. The molecule has 1 spiro atoms. The maximum absolute atomic E-state index is 10.7. The lowest BCUT2D eigenvalue weighted by Gasteiger charge is -2.33. The van der Waals surface area contributed by atoms with Crippen LogP contribution in [0.2, 0.25) is 0 Å². The minimum absolute atomic E-state index is 0.166. The average Bonchev–Trinajstić information content (AvgIpc) is 3.03. The Balaban J connectivity index is 1.49. The van der Waals surface area contributed by atoms with E-state index < -0.39 is 11.9 Å². The molecule has 1 N–H and O–H groups in total. The molecule has 1 saturated carbocycles. The Labute approximate surface area is 144 Å². The molecule has 1 saturated heterocycles. The fourth-order valence-corrected chi connectivity index (χ4v) is 3.57. The van der Waals surface area contributed by atoms with Gasteiger partial charge in [0.15, 0.2) is 5.79 Å². The zero-order chi connectivity index (χ0) is 16.8. The summed E-state index contributed by atoms with van der Waals surface area (Å²) >= 11 is 0. The zero-order valence-electron chi connectivity index (χ0n) is 14.2. The zero-order valence-corrected chi connectivity index (χ0v) is 14.2. The van der Waals surface area contributed by atoms with Crippen LogP contribution in [0.5, 0.6) is 0 Å². The van der Waals surface area contributed by atoms with E-state index in [0.29, 0.717) is 19.8 Å². The molecule has 132 valence electrons. The van der Waals surface area contributed by atoms with Crippen molar-refractivity contribution in [3.05, 3.63) is 48.6 Å². The van der Waals surface area contributed by atoms with Crippen molar-refractivity contribution in [2.45, 2.75) is 56.7 Å². The summed E-state index contributed by atoms with van der Waals surface area (Å²) in [5, 5.41) is 10.7. The smallest absolute Gasteiger partial charge is 0.169 e. The Morgan fingerprint density at radius 1 is 1.25 bits per heavy atom. The van der Waals surface area contributed by atoms with Gasteiger partial charge in [0.05, 0.1) is 25.9 Å². The highest BCUT2D eigenvalue weighted by atomic mass is 16.7. The highest BCUT2D eigenvalue weighted by Crippen LogP contribution is 2.39. The number of ether oxygens (including phenoxy) is 3. The number of hydrogen-bond acceptors (Lipinski definition) is 4. The average molecular weight is 332 g/mol. The van der Waals surface area contributed by atoms with E-state index in [2.05, 4.69) is 6.58 Å². The van der Waals surface area contributed by atoms with Crippen LogP contribution < -0.4 is 0 Å². The van der Waals surface area contributed by atoms with Gasteiger partial charge in [-0.15, -0.1) is 6.58 Å². The van der Waals surface area contributed by atoms with Crippen LogP contribution in [0.1, 0.15) is 37.7 Å². The molecule has 0 aromatic heterocycles. The fourth-order valence-electron chi connectivity index (χ4n) is 3.57. The summed E-state index contributed by atoms with van der Waals surface area (Å²) in [6.07, 6.45) is 6.17. The first-order chi connectivity index (χ1) is 11.7. The molecule has 2 aliphatic rings. The van der Waals surface area contributed by atoms with Crippen LogP contribution in [-0.4, -0.2) is 36.3 Å². The van der Waals surface area contributed by atoms with Crippen LogP contribution in [0, 0.1) is 5.92 Å². The van der Waals surface area contributed by atoms with Crippen molar-refractivity contribution in [1.29, 1.82) is 0 Å². The van der Waals surface area contributed by atoms with Crippen molar-refractivity contribution < 1.29 is 19.3 Å². The van der Waals surface area contributed by atoms with Crippen molar-refractivity contribution in [3.63, 3.8) is 0 Å². The monoisotopic (exact) mass is 332 g/mol. The van der Waals surface area contributed by atoms with E-state index in [1.165, 1.54) is 6.42 Å². The quantitative estimate of drug-likeness (QED) is 0.777. The van der Waals surface area contributed by atoms with Crippen LogP contribution in [0.15, 0.2) is 43.0 Å². The molecule has 1 aromatic rings. The van der Waals surface area contributed by atoms with E-state index >= 15 is 0 Å². The van der Waals surface area contributed by atoms with Gasteiger partial charge in [-0.1, -0.05) is 42.8 Å². The van der Waals surface area contributed by atoms with Gasteiger partial charge in [0.25, 0.3) is 0 Å². The molecule has 24 heavy (non-hydrogen) atoms. The SMILES string of the molecule is C=C[C@H](COCc1ccccc1)[C@H](O)[C@H]1COC2(CCCCC2)O1. The van der Waals surface area contributed by atoms with Gasteiger partial charge in [-0.2, -0.15) is 0 Å². The number of aliphatic hydroxyl groups is 1. The van der Waals surface area contributed by atoms with E-state index in [0.717, 1.165) is 31.2 Å². The van der Waals surface area contributed by atoms with E-state index in [-0.39, 0.29) is 12.0 Å². The molecule has 1 heterocycles. The topological polar surface area (TPSA) is 47.9 Å². The summed E-state index contributed by atoms with van der Waals surface area (Å²) in [4.78, 5) is 0. The molecular weight excluding hydrogens is 304 g/mol. The van der Waals surface area contributed by atoms with Gasteiger partial charge in [0, 0.05) is 18.8 Å². The van der Waals surface area contributed by atoms with Gasteiger partial charge in [0.1, 0.15) is 6.10 Å². The van der Waals surface area contributed by atoms with Crippen LogP contribution >= 0.6 is 0 Å². The second kappa shape index (κ2) is 8.26. The molecule has 4 nitrogen and oxygen atoms in total. The third-order valence-corrected chi connectivity index (χ3v) is 5.04. The Hall–Kier alpha value is -1.20. The van der Waals surface area contributed by atoms with E-state index in [1.54, 1.807) is 6.08 Å². The normalized spacial score (nSPS) is 25.5. The summed E-state index contributed by atoms with van der Waals surface area (Å²) in [6, 6.07) is 10.0. The van der Waals surface area contributed by atoms with Gasteiger partial charge < -0.3 is 19.3 Å². The maximum atomic E-state index is 10.7. The maximum Gasteiger partial charge on any atom is 0.169 e. The molecule has 1 aliphatic carbocycles. The number of hydrogen-bond donors (Lipinski definition) is 1. The third kappa shape index (κ3) is 4.25. The molecule has 3 atom stereocenters. The van der Waals surface area contributed by atoms with Crippen LogP contribution in [0.3, 0.4) is 0 Å². The second-order valence-corrected chi connectivity index (χ2v) is 6.83. The Kier molecular flexibility index (Phi) is 6.06.